The molecule has 2 aliphatic rings. The number of Topliss-reactive ketones (excluding diaryl/α,β-unsaturated/α-hetero) is 1. The molecule has 0 bridgehead atoms. The van der Waals surface area contributed by atoms with Crippen LogP contribution in [0.2, 0.25) is 0 Å². The predicted octanol–water partition coefficient (Wildman–Crippen LogP) is 2.78. The molecular weight excluding hydrogens is 226 g/mol. The lowest BCUT2D eigenvalue weighted by Crippen LogP contribution is -2.50. The van der Waals surface area contributed by atoms with Crippen molar-refractivity contribution in [2.75, 3.05) is 7.05 Å². The highest BCUT2D eigenvalue weighted by atomic mass is 16.5. The van der Waals surface area contributed by atoms with Crippen LogP contribution in [-0.4, -0.2) is 41.0 Å². The van der Waals surface area contributed by atoms with E-state index in [1.807, 2.05) is 0 Å². The minimum absolute atomic E-state index is 0.0348. The first-order valence-electron chi connectivity index (χ1n) is 7.15. The fourth-order valence-corrected chi connectivity index (χ4v) is 3.75. The van der Waals surface area contributed by atoms with Crippen molar-refractivity contribution < 1.29 is 9.53 Å². The van der Waals surface area contributed by atoms with Crippen molar-refractivity contribution >= 4 is 5.78 Å². The van der Waals surface area contributed by atoms with Gasteiger partial charge in [-0.25, -0.2) is 0 Å². The number of hydrogen-bond donors (Lipinski definition) is 0. The van der Waals surface area contributed by atoms with E-state index in [1.165, 1.54) is 0 Å². The summed E-state index contributed by atoms with van der Waals surface area (Å²) >= 11 is 0. The van der Waals surface area contributed by atoms with Crippen molar-refractivity contribution in [1.29, 1.82) is 0 Å². The molecule has 3 heteroatoms. The van der Waals surface area contributed by atoms with Gasteiger partial charge in [-0.2, -0.15) is 0 Å². The average Bonchev–Trinajstić information content (AvgIpc) is 2.47. The van der Waals surface area contributed by atoms with Gasteiger partial charge in [0, 0.05) is 24.9 Å². The first kappa shape index (κ1) is 14.0. The molecule has 18 heavy (non-hydrogen) atoms. The molecule has 1 unspecified atom stereocenters. The van der Waals surface area contributed by atoms with Gasteiger partial charge in [0.2, 0.25) is 0 Å². The summed E-state index contributed by atoms with van der Waals surface area (Å²) in [6.45, 7) is 8.73. The molecule has 1 atom stereocenters. The van der Waals surface area contributed by atoms with Crippen molar-refractivity contribution in [3.05, 3.63) is 0 Å². The highest BCUT2D eigenvalue weighted by molar-refractivity contribution is 5.79. The van der Waals surface area contributed by atoms with Crippen LogP contribution >= 0.6 is 0 Å². The molecular formula is C15H27NO2. The molecule has 1 aliphatic carbocycles. The summed E-state index contributed by atoms with van der Waals surface area (Å²) in [5.41, 5.74) is -0.132. The molecule has 0 aromatic carbocycles. The van der Waals surface area contributed by atoms with E-state index in [2.05, 4.69) is 39.6 Å². The number of hydrogen-bond acceptors (Lipinski definition) is 3. The van der Waals surface area contributed by atoms with E-state index in [-0.39, 0.29) is 11.2 Å². The van der Waals surface area contributed by atoms with Gasteiger partial charge in [0.15, 0.2) is 0 Å². The molecule has 1 heterocycles. The standard InChI is InChI=1S/C15H27NO2/c1-14(2)10-13(15(3,4)18-14)16(5)11-6-8-12(17)9-7-11/h11,13H,6-10H2,1-5H3. The Labute approximate surface area is 111 Å². The minimum atomic E-state index is -0.0975. The molecule has 3 nitrogen and oxygen atoms in total. The summed E-state index contributed by atoms with van der Waals surface area (Å²) in [5, 5.41) is 0. The Kier molecular flexibility index (Phi) is 3.58. The topological polar surface area (TPSA) is 29.5 Å². The molecule has 1 saturated heterocycles. The zero-order chi connectivity index (χ0) is 13.6. The van der Waals surface area contributed by atoms with E-state index in [1.54, 1.807) is 0 Å². The normalized spacial score (nSPS) is 32.1. The molecule has 0 aromatic heterocycles. The first-order valence-corrected chi connectivity index (χ1v) is 7.15. The quantitative estimate of drug-likeness (QED) is 0.758. The van der Waals surface area contributed by atoms with Gasteiger partial charge < -0.3 is 4.74 Å². The van der Waals surface area contributed by atoms with Crippen LogP contribution in [0.4, 0.5) is 0 Å². The van der Waals surface area contributed by atoms with Crippen molar-refractivity contribution in [1.82, 2.24) is 4.90 Å². The van der Waals surface area contributed by atoms with Crippen molar-refractivity contribution in [2.45, 2.75) is 83.1 Å². The second-order valence-corrected chi connectivity index (χ2v) is 7.12. The molecule has 1 saturated carbocycles. The Morgan fingerprint density at radius 3 is 2.17 bits per heavy atom. The number of carbonyl (C=O) groups is 1. The average molecular weight is 253 g/mol. The summed E-state index contributed by atoms with van der Waals surface area (Å²) in [6.07, 6.45) is 4.62. The molecule has 0 N–H and O–H groups in total. The zero-order valence-electron chi connectivity index (χ0n) is 12.5. The minimum Gasteiger partial charge on any atom is -0.368 e. The summed E-state index contributed by atoms with van der Waals surface area (Å²) in [6, 6.07) is 0.996. The van der Waals surface area contributed by atoms with Gasteiger partial charge in [0.25, 0.3) is 0 Å². The Balaban J connectivity index is 2.04. The maximum atomic E-state index is 11.3. The van der Waals surface area contributed by atoms with E-state index in [0.29, 0.717) is 17.9 Å². The molecule has 2 fully saturated rings. The van der Waals surface area contributed by atoms with E-state index in [4.69, 9.17) is 4.74 Å². The largest absolute Gasteiger partial charge is 0.368 e. The Morgan fingerprint density at radius 2 is 1.72 bits per heavy atom. The number of rotatable bonds is 2. The molecule has 0 amide bonds. The molecule has 0 radical (unpaired) electrons. The van der Waals surface area contributed by atoms with Crippen molar-refractivity contribution in [3.63, 3.8) is 0 Å². The summed E-state index contributed by atoms with van der Waals surface area (Å²) < 4.78 is 6.17. The van der Waals surface area contributed by atoms with E-state index < -0.39 is 0 Å². The zero-order valence-corrected chi connectivity index (χ0v) is 12.5. The predicted molar refractivity (Wildman–Crippen MR) is 72.7 cm³/mol. The van der Waals surface area contributed by atoms with Gasteiger partial charge in [-0.1, -0.05) is 0 Å². The number of ketones is 1. The third kappa shape index (κ3) is 2.77. The van der Waals surface area contributed by atoms with Gasteiger partial charge in [-0.15, -0.1) is 0 Å². The lowest BCUT2D eigenvalue weighted by Gasteiger charge is -2.40. The lowest BCUT2D eigenvalue weighted by atomic mass is 9.88. The van der Waals surface area contributed by atoms with Crippen LogP contribution in [0.1, 0.15) is 59.8 Å². The summed E-state index contributed by atoms with van der Waals surface area (Å²) in [5.74, 6) is 0.432. The SMILES string of the molecule is CN(C1CCC(=O)CC1)C1CC(C)(C)OC1(C)C. The van der Waals surface area contributed by atoms with Gasteiger partial charge in [0.05, 0.1) is 11.2 Å². The summed E-state index contributed by atoms with van der Waals surface area (Å²) in [4.78, 5) is 13.8. The fourth-order valence-electron chi connectivity index (χ4n) is 3.75. The summed E-state index contributed by atoms with van der Waals surface area (Å²) in [7, 11) is 2.21. The van der Waals surface area contributed by atoms with Gasteiger partial charge in [-0.3, -0.25) is 9.69 Å². The van der Waals surface area contributed by atoms with E-state index in [0.717, 1.165) is 32.1 Å². The van der Waals surface area contributed by atoms with E-state index in [9.17, 15) is 4.79 Å². The van der Waals surface area contributed by atoms with Crippen LogP contribution in [-0.2, 0) is 9.53 Å². The van der Waals surface area contributed by atoms with Gasteiger partial charge in [-0.05, 0) is 54.0 Å². The van der Waals surface area contributed by atoms with Gasteiger partial charge >= 0.3 is 0 Å². The first-order chi connectivity index (χ1) is 8.21. The van der Waals surface area contributed by atoms with Crippen LogP contribution in [0.5, 0.6) is 0 Å². The van der Waals surface area contributed by atoms with Gasteiger partial charge in [0.1, 0.15) is 5.78 Å². The lowest BCUT2D eigenvalue weighted by molar-refractivity contribution is -0.121. The molecule has 2 rings (SSSR count). The van der Waals surface area contributed by atoms with E-state index >= 15 is 0 Å². The molecule has 0 spiro atoms. The maximum Gasteiger partial charge on any atom is 0.133 e. The fraction of sp³-hybridized carbons (Fsp3) is 0.933. The van der Waals surface area contributed by atoms with Crippen molar-refractivity contribution in [3.8, 4) is 0 Å². The third-order valence-corrected chi connectivity index (χ3v) is 4.61. The number of carbonyl (C=O) groups excluding carboxylic acids is 1. The highest BCUT2D eigenvalue weighted by Gasteiger charge is 2.48. The molecule has 104 valence electrons. The smallest absolute Gasteiger partial charge is 0.133 e. The number of nitrogens with zero attached hydrogens (tertiary/aromatic N) is 1. The Morgan fingerprint density at radius 1 is 1.17 bits per heavy atom. The van der Waals surface area contributed by atoms with Crippen molar-refractivity contribution in [2.24, 2.45) is 0 Å². The maximum absolute atomic E-state index is 11.3. The second kappa shape index (κ2) is 4.61. The number of ether oxygens (including phenoxy) is 1. The molecule has 0 aromatic rings. The third-order valence-electron chi connectivity index (χ3n) is 4.61. The van der Waals surface area contributed by atoms with Crippen LogP contribution in [0.15, 0.2) is 0 Å². The Hall–Kier alpha value is -0.410. The monoisotopic (exact) mass is 253 g/mol. The highest BCUT2D eigenvalue weighted by Crippen LogP contribution is 2.41. The Bertz CT molecular complexity index is 325. The van der Waals surface area contributed by atoms with Crippen LogP contribution < -0.4 is 0 Å². The van der Waals surface area contributed by atoms with Crippen LogP contribution in [0.3, 0.4) is 0 Å². The molecule has 1 aliphatic heterocycles. The second-order valence-electron chi connectivity index (χ2n) is 7.12. The van der Waals surface area contributed by atoms with Crippen LogP contribution in [0.25, 0.3) is 0 Å². The number of likely N-dealkylation sites (N-methyl/N-ethyl adjacent to an activating group) is 1. The van der Waals surface area contributed by atoms with Crippen LogP contribution in [0, 0.1) is 0 Å².